The summed E-state index contributed by atoms with van der Waals surface area (Å²) in [6, 6.07) is 14.4. The van der Waals surface area contributed by atoms with E-state index in [1.807, 2.05) is 35.9 Å². The Balaban J connectivity index is 1.38. The topological polar surface area (TPSA) is 98.2 Å². The molecule has 0 spiro atoms. The Morgan fingerprint density at radius 3 is 2.76 bits per heavy atom. The summed E-state index contributed by atoms with van der Waals surface area (Å²) in [7, 11) is 0. The van der Waals surface area contributed by atoms with Gasteiger partial charge >= 0.3 is 0 Å². The standard InChI is InChI=1S/C28H32N6O3/c1-3-24(27-30-31-32-34(27)22-6-4-5-7-22)33(15-19-9-11-25-26(13-19)37-17-36-25)16-21-14-20-10-8-18(2)12-23(20)29-28(21)35/h8-14,22,24H,3-7,15-17H2,1-2H3,(H,29,35). The summed E-state index contributed by atoms with van der Waals surface area (Å²) in [5.41, 5.74) is 3.70. The van der Waals surface area contributed by atoms with Crippen molar-refractivity contribution < 1.29 is 9.47 Å². The van der Waals surface area contributed by atoms with Crippen LogP contribution in [0.3, 0.4) is 0 Å². The first kappa shape index (κ1) is 23.7. The molecular weight excluding hydrogens is 468 g/mol. The number of hydrogen-bond acceptors (Lipinski definition) is 7. The summed E-state index contributed by atoms with van der Waals surface area (Å²) < 4.78 is 13.2. The summed E-state index contributed by atoms with van der Waals surface area (Å²) in [5, 5.41) is 14.0. The minimum absolute atomic E-state index is 0.0610. The van der Waals surface area contributed by atoms with Gasteiger partial charge in [-0.05, 0) is 77.4 Å². The van der Waals surface area contributed by atoms with E-state index in [1.165, 1.54) is 12.8 Å². The minimum atomic E-state index is -0.0703. The molecule has 9 nitrogen and oxygen atoms in total. The summed E-state index contributed by atoms with van der Waals surface area (Å²) in [4.78, 5) is 18.6. The van der Waals surface area contributed by atoms with Crippen LogP contribution in [0, 0.1) is 6.92 Å². The van der Waals surface area contributed by atoms with Crippen molar-refractivity contribution >= 4 is 10.9 Å². The average molecular weight is 501 g/mol. The molecule has 1 fully saturated rings. The molecule has 1 aliphatic heterocycles. The molecule has 1 unspecified atom stereocenters. The van der Waals surface area contributed by atoms with Crippen molar-refractivity contribution in [3.8, 4) is 11.5 Å². The Bertz CT molecular complexity index is 1470. The van der Waals surface area contributed by atoms with Crippen LogP contribution in [0.2, 0.25) is 0 Å². The molecular formula is C28H32N6O3. The Kier molecular flexibility index (Phi) is 6.38. The lowest BCUT2D eigenvalue weighted by Gasteiger charge is -2.31. The van der Waals surface area contributed by atoms with Gasteiger partial charge < -0.3 is 14.5 Å². The third-order valence-electron chi connectivity index (χ3n) is 7.59. The molecule has 1 aliphatic carbocycles. The van der Waals surface area contributed by atoms with Crippen LogP contribution in [0.4, 0.5) is 0 Å². The fourth-order valence-electron chi connectivity index (χ4n) is 5.68. The first-order chi connectivity index (χ1) is 18.1. The smallest absolute Gasteiger partial charge is 0.252 e. The monoisotopic (exact) mass is 500 g/mol. The van der Waals surface area contributed by atoms with E-state index in [2.05, 4.69) is 50.5 Å². The van der Waals surface area contributed by atoms with Gasteiger partial charge in [0.25, 0.3) is 5.56 Å². The quantitative estimate of drug-likeness (QED) is 0.370. The van der Waals surface area contributed by atoms with Crippen LogP contribution in [-0.2, 0) is 13.1 Å². The summed E-state index contributed by atoms with van der Waals surface area (Å²) in [5.74, 6) is 2.37. The number of aromatic nitrogens is 5. The molecule has 1 saturated carbocycles. The molecule has 37 heavy (non-hydrogen) atoms. The highest BCUT2D eigenvalue weighted by Gasteiger charge is 2.30. The second-order valence-electron chi connectivity index (χ2n) is 10.2. The van der Waals surface area contributed by atoms with E-state index in [9.17, 15) is 4.79 Å². The highest BCUT2D eigenvalue weighted by Crippen LogP contribution is 2.36. The molecule has 1 N–H and O–H groups in total. The average Bonchev–Trinajstić information content (AvgIpc) is 3.66. The Labute approximate surface area is 215 Å². The fraction of sp³-hybridized carbons (Fsp3) is 0.429. The number of fused-ring (bicyclic) bond motifs is 2. The van der Waals surface area contributed by atoms with Gasteiger partial charge in [0.2, 0.25) is 6.79 Å². The first-order valence-electron chi connectivity index (χ1n) is 13.1. The first-order valence-corrected chi connectivity index (χ1v) is 13.1. The molecule has 0 radical (unpaired) electrons. The molecule has 2 aromatic carbocycles. The molecule has 0 bridgehead atoms. The second-order valence-corrected chi connectivity index (χ2v) is 10.2. The van der Waals surface area contributed by atoms with E-state index >= 15 is 0 Å². The zero-order valence-corrected chi connectivity index (χ0v) is 21.3. The summed E-state index contributed by atoms with van der Waals surface area (Å²) in [6.07, 6.45) is 5.41. The number of aromatic amines is 1. The van der Waals surface area contributed by atoms with Crippen LogP contribution in [0.25, 0.3) is 10.9 Å². The number of nitrogens with one attached hydrogen (secondary N) is 1. The molecule has 4 aromatic rings. The van der Waals surface area contributed by atoms with Crippen molar-refractivity contribution in [2.24, 2.45) is 0 Å². The predicted molar refractivity (Wildman–Crippen MR) is 139 cm³/mol. The number of rotatable bonds is 8. The molecule has 1 atom stereocenters. The minimum Gasteiger partial charge on any atom is -0.454 e. The number of hydrogen-bond donors (Lipinski definition) is 1. The van der Waals surface area contributed by atoms with Crippen molar-refractivity contribution in [3.63, 3.8) is 0 Å². The van der Waals surface area contributed by atoms with Crippen molar-refractivity contribution in [2.45, 2.75) is 71.1 Å². The molecule has 2 aliphatic rings. The lowest BCUT2D eigenvalue weighted by Crippen LogP contribution is -2.32. The Morgan fingerprint density at radius 1 is 1.08 bits per heavy atom. The van der Waals surface area contributed by atoms with Crippen molar-refractivity contribution in [1.82, 2.24) is 30.1 Å². The van der Waals surface area contributed by atoms with Crippen molar-refractivity contribution in [3.05, 3.63) is 75.3 Å². The number of ether oxygens (including phenoxy) is 2. The number of benzene rings is 2. The summed E-state index contributed by atoms with van der Waals surface area (Å²) in [6.45, 7) is 5.49. The molecule has 2 aromatic heterocycles. The highest BCUT2D eigenvalue weighted by atomic mass is 16.7. The number of nitrogens with zero attached hydrogens (tertiary/aromatic N) is 5. The van der Waals surface area contributed by atoms with E-state index in [-0.39, 0.29) is 18.4 Å². The maximum atomic E-state index is 13.2. The van der Waals surface area contributed by atoms with E-state index in [1.54, 1.807) is 0 Å². The highest BCUT2D eigenvalue weighted by molar-refractivity contribution is 5.79. The van der Waals surface area contributed by atoms with Gasteiger partial charge in [-0.3, -0.25) is 9.69 Å². The van der Waals surface area contributed by atoms with E-state index in [0.29, 0.717) is 19.1 Å². The van der Waals surface area contributed by atoms with Crippen LogP contribution >= 0.6 is 0 Å². The number of pyridine rings is 1. The SMILES string of the molecule is CCC(c1nnnn1C1CCCC1)N(Cc1ccc2c(c1)OCO2)Cc1cc2ccc(C)cc2[nH]c1=O. The van der Waals surface area contributed by atoms with Crippen LogP contribution in [0.5, 0.6) is 11.5 Å². The van der Waals surface area contributed by atoms with Crippen LogP contribution in [0.1, 0.15) is 73.6 Å². The normalized spacial score (nSPS) is 16.2. The van der Waals surface area contributed by atoms with E-state index in [0.717, 1.165) is 64.2 Å². The number of aryl methyl sites for hydroxylation is 1. The fourth-order valence-corrected chi connectivity index (χ4v) is 5.68. The van der Waals surface area contributed by atoms with Crippen LogP contribution < -0.4 is 15.0 Å². The zero-order chi connectivity index (χ0) is 25.4. The molecule has 9 heteroatoms. The van der Waals surface area contributed by atoms with Crippen molar-refractivity contribution in [1.29, 1.82) is 0 Å². The number of H-pyrrole nitrogens is 1. The van der Waals surface area contributed by atoms with Gasteiger partial charge in [-0.1, -0.05) is 38.0 Å². The third-order valence-corrected chi connectivity index (χ3v) is 7.59. The van der Waals surface area contributed by atoms with E-state index < -0.39 is 0 Å². The van der Waals surface area contributed by atoms with E-state index in [4.69, 9.17) is 9.47 Å². The molecule has 192 valence electrons. The van der Waals surface area contributed by atoms with Crippen LogP contribution in [0.15, 0.2) is 47.3 Å². The summed E-state index contributed by atoms with van der Waals surface area (Å²) >= 11 is 0. The molecule has 3 heterocycles. The van der Waals surface area contributed by atoms with Gasteiger partial charge in [0.05, 0.1) is 12.1 Å². The Hall–Kier alpha value is -3.72. The molecule has 0 amide bonds. The molecule has 0 saturated heterocycles. The lowest BCUT2D eigenvalue weighted by atomic mass is 10.1. The van der Waals surface area contributed by atoms with Gasteiger partial charge in [0.15, 0.2) is 17.3 Å². The Morgan fingerprint density at radius 2 is 1.92 bits per heavy atom. The van der Waals surface area contributed by atoms with Gasteiger partial charge in [-0.2, -0.15) is 0 Å². The largest absolute Gasteiger partial charge is 0.454 e. The van der Waals surface area contributed by atoms with Crippen molar-refractivity contribution in [2.75, 3.05) is 6.79 Å². The maximum Gasteiger partial charge on any atom is 0.252 e. The van der Waals surface area contributed by atoms with Gasteiger partial charge in [0.1, 0.15) is 0 Å². The predicted octanol–water partition coefficient (Wildman–Crippen LogP) is 4.82. The van der Waals surface area contributed by atoms with Gasteiger partial charge in [-0.15, -0.1) is 5.10 Å². The number of tetrazole rings is 1. The lowest BCUT2D eigenvalue weighted by molar-refractivity contribution is 0.158. The second kappa shape index (κ2) is 9.97. The third kappa shape index (κ3) is 4.71. The maximum absolute atomic E-state index is 13.2. The van der Waals surface area contributed by atoms with Gasteiger partial charge in [-0.25, -0.2) is 4.68 Å². The van der Waals surface area contributed by atoms with Crippen LogP contribution in [-0.4, -0.2) is 36.9 Å². The van der Waals surface area contributed by atoms with Gasteiger partial charge in [0, 0.05) is 24.2 Å². The molecule has 6 rings (SSSR count). The zero-order valence-electron chi connectivity index (χ0n) is 21.3.